The molecule has 116 valence electrons. The summed E-state index contributed by atoms with van der Waals surface area (Å²) in [5, 5.41) is 1.13. The number of anilines is 1. The van der Waals surface area contributed by atoms with E-state index in [9.17, 15) is 4.79 Å². The van der Waals surface area contributed by atoms with Gasteiger partial charge in [-0.15, -0.1) is 11.3 Å². The molecule has 0 atom stereocenters. The number of rotatable bonds is 4. The third-order valence-corrected chi connectivity index (χ3v) is 5.40. The molecule has 2 aromatic carbocycles. The maximum atomic E-state index is 12.5. The predicted octanol–water partition coefficient (Wildman–Crippen LogP) is 4.21. The average molecular weight is 322 g/mol. The smallest absolute Gasteiger partial charge is 0.227 e. The third-order valence-electron chi connectivity index (χ3n) is 4.31. The molecule has 0 saturated heterocycles. The molecule has 3 aromatic rings. The zero-order valence-corrected chi connectivity index (χ0v) is 13.7. The summed E-state index contributed by atoms with van der Waals surface area (Å²) in [5.41, 5.74) is 3.44. The summed E-state index contributed by atoms with van der Waals surface area (Å²) >= 11 is 1.73. The lowest BCUT2D eigenvalue weighted by atomic mass is 10.2. The number of carbonyl (C=O) groups excluding carboxylic acids is 1. The second-order valence-corrected chi connectivity index (χ2v) is 6.97. The van der Waals surface area contributed by atoms with Crippen molar-refractivity contribution >= 4 is 33.1 Å². The van der Waals surface area contributed by atoms with E-state index >= 15 is 0 Å². The number of nitrogens with zero attached hydrogens (tertiary/aromatic N) is 2. The fourth-order valence-electron chi connectivity index (χ4n) is 3.15. The van der Waals surface area contributed by atoms with Gasteiger partial charge < -0.3 is 4.90 Å². The Kier molecular flexibility index (Phi) is 3.83. The van der Waals surface area contributed by atoms with Crippen molar-refractivity contribution in [2.45, 2.75) is 25.7 Å². The van der Waals surface area contributed by atoms with Gasteiger partial charge in [-0.05, 0) is 43.0 Å². The minimum absolute atomic E-state index is 0.232. The van der Waals surface area contributed by atoms with Crippen LogP contribution in [0.5, 0.6) is 0 Å². The molecular formula is C19H18N2OS. The maximum Gasteiger partial charge on any atom is 0.227 e. The van der Waals surface area contributed by atoms with Gasteiger partial charge in [-0.3, -0.25) is 4.79 Å². The van der Waals surface area contributed by atoms with Crippen LogP contribution in [0.3, 0.4) is 0 Å². The molecule has 0 radical (unpaired) electrons. The second kappa shape index (κ2) is 6.13. The van der Waals surface area contributed by atoms with E-state index in [1.807, 2.05) is 41.3 Å². The van der Waals surface area contributed by atoms with Gasteiger partial charge in [0.25, 0.3) is 0 Å². The van der Waals surface area contributed by atoms with Crippen molar-refractivity contribution in [3.8, 4) is 0 Å². The molecule has 0 saturated carbocycles. The van der Waals surface area contributed by atoms with E-state index in [1.165, 1.54) is 10.3 Å². The van der Waals surface area contributed by atoms with Gasteiger partial charge in [-0.2, -0.15) is 0 Å². The number of aryl methyl sites for hydroxylation is 1. The quantitative estimate of drug-likeness (QED) is 0.721. The largest absolute Gasteiger partial charge is 0.312 e. The predicted molar refractivity (Wildman–Crippen MR) is 95.1 cm³/mol. The Morgan fingerprint density at radius 3 is 2.87 bits per heavy atom. The minimum Gasteiger partial charge on any atom is -0.312 e. The number of para-hydroxylation sites is 2. The molecular weight excluding hydrogens is 304 g/mol. The standard InChI is InChI=1S/C19H18N2OS/c22-19(21-13-12-14-6-1-3-8-16(14)21)11-5-10-18-20-15-7-2-4-9-17(15)23-18/h1-4,6-9H,5,10-13H2. The van der Waals surface area contributed by atoms with E-state index in [2.05, 4.69) is 17.1 Å². The van der Waals surface area contributed by atoms with Crippen molar-refractivity contribution < 1.29 is 4.79 Å². The van der Waals surface area contributed by atoms with Crippen LogP contribution in [0, 0.1) is 0 Å². The summed E-state index contributed by atoms with van der Waals surface area (Å²) in [6.07, 6.45) is 3.29. The third kappa shape index (κ3) is 2.86. The number of hydrogen-bond donors (Lipinski definition) is 0. The van der Waals surface area contributed by atoms with Crippen molar-refractivity contribution in [2.24, 2.45) is 0 Å². The number of carbonyl (C=O) groups is 1. The molecule has 4 heteroatoms. The van der Waals surface area contributed by atoms with E-state index in [0.29, 0.717) is 6.42 Å². The van der Waals surface area contributed by atoms with Crippen LogP contribution in [-0.4, -0.2) is 17.4 Å². The maximum absolute atomic E-state index is 12.5. The summed E-state index contributed by atoms with van der Waals surface area (Å²) in [6.45, 7) is 0.819. The van der Waals surface area contributed by atoms with E-state index in [1.54, 1.807) is 11.3 Å². The highest BCUT2D eigenvalue weighted by molar-refractivity contribution is 7.18. The molecule has 0 spiro atoms. The fraction of sp³-hybridized carbons (Fsp3) is 0.263. The number of benzene rings is 2. The number of fused-ring (bicyclic) bond motifs is 2. The van der Waals surface area contributed by atoms with Crippen LogP contribution in [0.4, 0.5) is 5.69 Å². The second-order valence-electron chi connectivity index (χ2n) is 5.85. The first kappa shape index (κ1) is 14.4. The SMILES string of the molecule is O=C(CCCc1nc2ccccc2s1)N1CCc2ccccc21. The molecule has 0 unspecified atom stereocenters. The number of hydrogen-bond acceptors (Lipinski definition) is 3. The number of amides is 1. The van der Waals surface area contributed by atoms with E-state index in [4.69, 9.17) is 0 Å². The molecule has 1 aliphatic heterocycles. The molecule has 0 aliphatic carbocycles. The number of aromatic nitrogens is 1. The summed E-state index contributed by atoms with van der Waals surface area (Å²) < 4.78 is 1.22. The van der Waals surface area contributed by atoms with Gasteiger partial charge in [0.1, 0.15) is 0 Å². The number of thiazole rings is 1. The highest BCUT2D eigenvalue weighted by Gasteiger charge is 2.23. The highest BCUT2D eigenvalue weighted by Crippen LogP contribution is 2.28. The summed E-state index contributed by atoms with van der Waals surface area (Å²) in [6, 6.07) is 16.4. The summed E-state index contributed by atoms with van der Waals surface area (Å²) in [5.74, 6) is 0.232. The van der Waals surface area contributed by atoms with Crippen LogP contribution in [0.25, 0.3) is 10.2 Å². The van der Waals surface area contributed by atoms with Crippen molar-refractivity contribution in [3.05, 3.63) is 59.1 Å². The van der Waals surface area contributed by atoms with Crippen LogP contribution >= 0.6 is 11.3 Å². The van der Waals surface area contributed by atoms with Crippen molar-refractivity contribution in [1.29, 1.82) is 0 Å². The molecule has 0 N–H and O–H groups in total. The topological polar surface area (TPSA) is 33.2 Å². The van der Waals surface area contributed by atoms with Crippen LogP contribution in [0.2, 0.25) is 0 Å². The lowest BCUT2D eigenvalue weighted by Crippen LogP contribution is -2.28. The molecule has 4 rings (SSSR count). The van der Waals surface area contributed by atoms with Crippen molar-refractivity contribution in [2.75, 3.05) is 11.4 Å². The first-order chi connectivity index (χ1) is 11.3. The van der Waals surface area contributed by atoms with Crippen LogP contribution in [0.1, 0.15) is 23.4 Å². The molecule has 0 fully saturated rings. The Morgan fingerprint density at radius 1 is 1.13 bits per heavy atom. The van der Waals surface area contributed by atoms with Crippen LogP contribution in [0.15, 0.2) is 48.5 Å². The molecule has 1 aromatic heterocycles. The van der Waals surface area contributed by atoms with Crippen molar-refractivity contribution in [3.63, 3.8) is 0 Å². The monoisotopic (exact) mass is 322 g/mol. The van der Waals surface area contributed by atoms with Gasteiger partial charge in [0.15, 0.2) is 0 Å². The van der Waals surface area contributed by atoms with Crippen LogP contribution in [-0.2, 0) is 17.6 Å². The molecule has 0 bridgehead atoms. The molecule has 3 nitrogen and oxygen atoms in total. The van der Waals surface area contributed by atoms with E-state index in [-0.39, 0.29) is 5.91 Å². The normalized spacial score (nSPS) is 13.5. The Labute approximate surface area is 139 Å². The van der Waals surface area contributed by atoms with Gasteiger partial charge >= 0.3 is 0 Å². The molecule has 1 aliphatic rings. The first-order valence-corrected chi connectivity index (χ1v) is 8.85. The lowest BCUT2D eigenvalue weighted by molar-refractivity contribution is -0.118. The van der Waals surface area contributed by atoms with E-state index in [0.717, 1.165) is 42.0 Å². The average Bonchev–Trinajstić information content (AvgIpc) is 3.18. The highest BCUT2D eigenvalue weighted by atomic mass is 32.1. The first-order valence-electron chi connectivity index (χ1n) is 8.04. The Morgan fingerprint density at radius 2 is 1.96 bits per heavy atom. The fourth-order valence-corrected chi connectivity index (χ4v) is 4.16. The molecule has 23 heavy (non-hydrogen) atoms. The summed E-state index contributed by atoms with van der Waals surface area (Å²) in [4.78, 5) is 19.1. The Bertz CT molecular complexity index is 822. The Balaban J connectivity index is 1.37. The van der Waals surface area contributed by atoms with Gasteiger partial charge in [0.2, 0.25) is 5.91 Å². The van der Waals surface area contributed by atoms with Gasteiger partial charge in [0, 0.05) is 18.7 Å². The molecule has 2 heterocycles. The van der Waals surface area contributed by atoms with Crippen LogP contribution < -0.4 is 4.90 Å². The Hall–Kier alpha value is -2.20. The zero-order chi connectivity index (χ0) is 15.6. The lowest BCUT2D eigenvalue weighted by Gasteiger charge is -2.17. The van der Waals surface area contributed by atoms with Gasteiger partial charge in [-0.1, -0.05) is 30.3 Å². The summed E-state index contributed by atoms with van der Waals surface area (Å²) in [7, 11) is 0. The minimum atomic E-state index is 0.232. The van der Waals surface area contributed by atoms with E-state index < -0.39 is 0 Å². The van der Waals surface area contributed by atoms with Gasteiger partial charge in [-0.25, -0.2) is 4.98 Å². The van der Waals surface area contributed by atoms with Gasteiger partial charge in [0.05, 0.1) is 15.2 Å². The zero-order valence-electron chi connectivity index (χ0n) is 12.9. The molecule has 1 amide bonds. The van der Waals surface area contributed by atoms with Crippen molar-refractivity contribution in [1.82, 2.24) is 4.98 Å².